The van der Waals surface area contributed by atoms with E-state index in [1.54, 1.807) is 6.92 Å². The zero-order chi connectivity index (χ0) is 13.3. The third-order valence-electron chi connectivity index (χ3n) is 1.56. The quantitative estimate of drug-likeness (QED) is 0.521. The zero-order valence-corrected chi connectivity index (χ0v) is 9.51. The van der Waals surface area contributed by atoms with Crippen molar-refractivity contribution in [3.05, 3.63) is 0 Å². The van der Waals surface area contributed by atoms with E-state index in [-0.39, 0.29) is 6.54 Å². The van der Waals surface area contributed by atoms with Gasteiger partial charge in [0.25, 0.3) is 0 Å². The molecule has 0 aliphatic rings. The van der Waals surface area contributed by atoms with Crippen LogP contribution in [0.2, 0.25) is 0 Å². The second-order valence-corrected chi connectivity index (χ2v) is 3.51. The molecule has 1 unspecified atom stereocenters. The predicted octanol–water partition coefficient (Wildman–Crippen LogP) is -0.348. The Morgan fingerprint density at radius 1 is 1.41 bits per heavy atom. The summed E-state index contributed by atoms with van der Waals surface area (Å²) in [4.78, 5) is 10.9. The van der Waals surface area contributed by atoms with Crippen LogP contribution in [0.15, 0.2) is 0 Å². The van der Waals surface area contributed by atoms with Crippen molar-refractivity contribution < 1.29 is 27.8 Å². The molecule has 0 fully saturated rings. The fourth-order valence-corrected chi connectivity index (χ4v) is 0.912. The van der Waals surface area contributed by atoms with Gasteiger partial charge in [-0.15, -0.1) is 0 Å². The Hall–Kier alpha value is -0.860. The topological polar surface area (TPSA) is 70.6 Å². The van der Waals surface area contributed by atoms with Crippen molar-refractivity contribution in [1.82, 2.24) is 10.6 Å². The number of carbonyl (C=O) groups excluding carboxylic acids is 1. The molecule has 5 nitrogen and oxygen atoms in total. The number of aliphatic hydroxyl groups excluding tert-OH is 1. The van der Waals surface area contributed by atoms with E-state index in [2.05, 4.69) is 15.4 Å². The van der Waals surface area contributed by atoms with E-state index in [4.69, 9.17) is 5.11 Å². The molecule has 0 aromatic heterocycles. The van der Waals surface area contributed by atoms with Gasteiger partial charge in [-0.3, -0.25) is 4.79 Å². The van der Waals surface area contributed by atoms with Gasteiger partial charge in [-0.1, -0.05) is 0 Å². The molecule has 8 heteroatoms. The summed E-state index contributed by atoms with van der Waals surface area (Å²) in [6.07, 6.45) is -4.90. The molecule has 1 atom stereocenters. The maximum absolute atomic E-state index is 11.6. The van der Waals surface area contributed by atoms with Crippen molar-refractivity contribution in [3.63, 3.8) is 0 Å². The fourth-order valence-electron chi connectivity index (χ4n) is 0.912. The minimum atomic E-state index is -4.42. The molecule has 0 aliphatic heterocycles. The van der Waals surface area contributed by atoms with Crippen molar-refractivity contribution >= 4 is 5.91 Å². The first-order valence-electron chi connectivity index (χ1n) is 5.11. The summed E-state index contributed by atoms with van der Waals surface area (Å²) >= 11 is 0. The lowest BCUT2D eigenvalue weighted by Gasteiger charge is -2.09. The summed E-state index contributed by atoms with van der Waals surface area (Å²) in [5, 5.41) is 14.1. The van der Waals surface area contributed by atoms with Gasteiger partial charge >= 0.3 is 6.18 Å². The Kier molecular flexibility index (Phi) is 7.85. The molecule has 0 aromatic carbocycles. The van der Waals surface area contributed by atoms with Gasteiger partial charge in [-0.25, -0.2) is 0 Å². The van der Waals surface area contributed by atoms with Crippen LogP contribution in [0.1, 0.15) is 6.92 Å². The number of hydrogen-bond donors (Lipinski definition) is 3. The van der Waals surface area contributed by atoms with Gasteiger partial charge in [0.1, 0.15) is 13.2 Å². The summed E-state index contributed by atoms with van der Waals surface area (Å²) < 4.78 is 39.1. The van der Waals surface area contributed by atoms with Gasteiger partial charge in [-0.2, -0.15) is 13.2 Å². The largest absolute Gasteiger partial charge is 0.411 e. The Labute approximate surface area is 97.3 Å². The Balaban J connectivity index is 3.35. The number of rotatable bonds is 8. The van der Waals surface area contributed by atoms with Crippen molar-refractivity contribution in [1.29, 1.82) is 0 Å². The maximum Gasteiger partial charge on any atom is 0.411 e. The monoisotopic (exact) mass is 258 g/mol. The van der Waals surface area contributed by atoms with E-state index >= 15 is 0 Å². The molecule has 0 saturated carbocycles. The maximum atomic E-state index is 11.6. The van der Waals surface area contributed by atoms with Crippen LogP contribution in [0.3, 0.4) is 0 Å². The lowest BCUT2D eigenvalue weighted by Crippen LogP contribution is -2.36. The molecule has 0 radical (unpaired) electrons. The number of aliphatic hydroxyl groups is 1. The fraction of sp³-hybridized carbons (Fsp3) is 0.889. The van der Waals surface area contributed by atoms with Gasteiger partial charge in [0, 0.05) is 19.6 Å². The highest BCUT2D eigenvalue weighted by Crippen LogP contribution is 2.13. The lowest BCUT2D eigenvalue weighted by atomic mass is 10.4. The Morgan fingerprint density at radius 3 is 2.59 bits per heavy atom. The number of halogens is 3. The molecule has 17 heavy (non-hydrogen) atoms. The third kappa shape index (κ3) is 13.1. The molecular weight excluding hydrogens is 241 g/mol. The van der Waals surface area contributed by atoms with E-state index in [0.29, 0.717) is 13.1 Å². The number of amides is 1. The highest BCUT2D eigenvalue weighted by atomic mass is 19.4. The number of nitrogens with one attached hydrogen (secondary N) is 2. The average molecular weight is 258 g/mol. The van der Waals surface area contributed by atoms with E-state index in [9.17, 15) is 18.0 Å². The first-order chi connectivity index (χ1) is 7.81. The van der Waals surface area contributed by atoms with E-state index in [0.717, 1.165) is 0 Å². The van der Waals surface area contributed by atoms with Gasteiger partial charge < -0.3 is 20.5 Å². The van der Waals surface area contributed by atoms with Crippen LogP contribution >= 0.6 is 0 Å². The molecule has 0 aliphatic carbocycles. The van der Waals surface area contributed by atoms with Crippen LogP contribution < -0.4 is 10.6 Å². The molecule has 102 valence electrons. The molecule has 0 heterocycles. The number of alkyl halides is 3. The van der Waals surface area contributed by atoms with Crippen molar-refractivity contribution in [3.8, 4) is 0 Å². The van der Waals surface area contributed by atoms with Crippen LogP contribution in [0.5, 0.6) is 0 Å². The average Bonchev–Trinajstić information content (AvgIpc) is 2.14. The van der Waals surface area contributed by atoms with E-state index < -0.39 is 31.4 Å². The smallest absolute Gasteiger partial charge is 0.392 e. The Morgan fingerprint density at radius 2 is 2.06 bits per heavy atom. The SMILES string of the molecule is CC(O)CNCCNC(=O)COCC(F)(F)F. The summed E-state index contributed by atoms with van der Waals surface area (Å²) in [5.74, 6) is -0.604. The normalized spacial score (nSPS) is 13.5. The van der Waals surface area contributed by atoms with Gasteiger partial charge in [0.2, 0.25) is 5.91 Å². The van der Waals surface area contributed by atoms with Crippen LogP contribution in [-0.2, 0) is 9.53 Å². The minimum absolute atomic E-state index is 0.265. The first-order valence-corrected chi connectivity index (χ1v) is 5.11. The van der Waals surface area contributed by atoms with Crippen molar-refractivity contribution in [2.75, 3.05) is 32.8 Å². The molecule has 1 amide bonds. The van der Waals surface area contributed by atoms with Crippen LogP contribution in [-0.4, -0.2) is 56.1 Å². The van der Waals surface area contributed by atoms with Gasteiger partial charge in [0.05, 0.1) is 6.10 Å². The Bertz CT molecular complexity index is 222. The molecule has 0 spiro atoms. The number of carbonyl (C=O) groups is 1. The lowest BCUT2D eigenvalue weighted by molar-refractivity contribution is -0.175. The summed E-state index contributed by atoms with van der Waals surface area (Å²) in [7, 11) is 0. The third-order valence-corrected chi connectivity index (χ3v) is 1.56. The molecule has 0 aromatic rings. The molecule has 0 rings (SSSR count). The standard InChI is InChI=1S/C9H17F3N2O3/c1-7(15)4-13-2-3-14-8(16)5-17-6-9(10,11)12/h7,13,15H,2-6H2,1H3,(H,14,16). The second-order valence-electron chi connectivity index (χ2n) is 3.51. The van der Waals surface area contributed by atoms with Crippen LogP contribution in [0.4, 0.5) is 13.2 Å². The van der Waals surface area contributed by atoms with Crippen LogP contribution in [0.25, 0.3) is 0 Å². The second kappa shape index (κ2) is 8.26. The summed E-state index contributed by atoms with van der Waals surface area (Å²) in [6.45, 7) is 0.643. The minimum Gasteiger partial charge on any atom is -0.392 e. The highest BCUT2D eigenvalue weighted by molar-refractivity contribution is 5.77. The zero-order valence-electron chi connectivity index (χ0n) is 9.51. The molecule has 3 N–H and O–H groups in total. The summed E-state index contributed by atoms with van der Waals surface area (Å²) in [5.41, 5.74) is 0. The molecular formula is C9H17F3N2O3. The number of ether oxygens (including phenoxy) is 1. The highest BCUT2D eigenvalue weighted by Gasteiger charge is 2.27. The molecule has 0 saturated heterocycles. The van der Waals surface area contributed by atoms with Crippen molar-refractivity contribution in [2.45, 2.75) is 19.2 Å². The number of hydrogen-bond acceptors (Lipinski definition) is 4. The first kappa shape index (κ1) is 16.1. The van der Waals surface area contributed by atoms with Crippen molar-refractivity contribution in [2.24, 2.45) is 0 Å². The van der Waals surface area contributed by atoms with Gasteiger partial charge in [-0.05, 0) is 6.92 Å². The molecule has 0 bridgehead atoms. The summed E-state index contributed by atoms with van der Waals surface area (Å²) in [6, 6.07) is 0. The predicted molar refractivity (Wildman–Crippen MR) is 54.4 cm³/mol. The van der Waals surface area contributed by atoms with Crippen LogP contribution in [0, 0.1) is 0 Å². The van der Waals surface area contributed by atoms with E-state index in [1.165, 1.54) is 0 Å². The van der Waals surface area contributed by atoms with Gasteiger partial charge in [0.15, 0.2) is 0 Å². The van der Waals surface area contributed by atoms with E-state index in [1.807, 2.05) is 0 Å².